The van der Waals surface area contributed by atoms with Crippen LogP contribution < -0.4 is 25.0 Å². The molecule has 92 heavy (non-hydrogen) atoms. The fourth-order valence-corrected chi connectivity index (χ4v) is 13.5. The van der Waals surface area contributed by atoms with Crippen molar-refractivity contribution in [1.82, 2.24) is 34.7 Å². The maximum absolute atomic E-state index is 14.2. The third-order valence-electron chi connectivity index (χ3n) is 17.5. The fraction of sp³-hybridized carbons (Fsp3) is 0.388. The molecule has 1 atom stereocenters. The second kappa shape index (κ2) is 28.3. The van der Waals surface area contributed by atoms with Gasteiger partial charge in [-0.15, -0.1) is 0 Å². The van der Waals surface area contributed by atoms with E-state index in [0.29, 0.717) is 87.0 Å². The number of fused-ring (bicyclic) bond motifs is 2. The molecule has 0 spiro atoms. The lowest BCUT2D eigenvalue weighted by atomic mass is 9.72. The fourth-order valence-electron chi connectivity index (χ4n) is 12.3. The predicted molar refractivity (Wildman–Crippen MR) is 344 cm³/mol. The third kappa shape index (κ3) is 15.2. The molecule has 1 aliphatic carbocycles. The number of imide groups is 2. The third-order valence-corrected chi connectivity index (χ3v) is 19.1. The Balaban J connectivity index is 0.633. The molecule has 3 saturated heterocycles. The largest absolute Gasteiger partial charge is 0.455 e. The molecule has 6 amide bonds. The molecule has 4 N–H and O–H groups in total. The van der Waals surface area contributed by atoms with Crippen LogP contribution in [0.5, 0.6) is 11.5 Å². The minimum Gasteiger partial charge on any atom is -0.455 e. The van der Waals surface area contributed by atoms with Crippen molar-refractivity contribution in [2.24, 2.45) is 11.3 Å². The van der Waals surface area contributed by atoms with Crippen molar-refractivity contribution in [2.45, 2.75) is 82.6 Å². The number of nitro benzene ring substituents is 1. The summed E-state index contributed by atoms with van der Waals surface area (Å²) in [5.41, 5.74) is 5.80. The molecule has 11 rings (SSSR count). The van der Waals surface area contributed by atoms with Gasteiger partial charge in [-0.3, -0.25) is 54.0 Å². The first-order valence-corrected chi connectivity index (χ1v) is 32.7. The van der Waals surface area contributed by atoms with E-state index in [2.05, 4.69) is 72.9 Å². The predicted octanol–water partition coefficient (Wildman–Crippen LogP) is 8.74. The van der Waals surface area contributed by atoms with Crippen LogP contribution >= 0.6 is 11.6 Å². The van der Waals surface area contributed by atoms with Gasteiger partial charge in [-0.25, -0.2) is 18.1 Å². The molecule has 23 nitrogen and oxygen atoms in total. The van der Waals surface area contributed by atoms with Crippen molar-refractivity contribution in [3.05, 3.63) is 152 Å². The monoisotopic (exact) mass is 1290 g/mol. The quantitative estimate of drug-likeness (QED) is 0.0162. The summed E-state index contributed by atoms with van der Waals surface area (Å²) in [6.07, 6.45) is 8.64. The number of piperidine rings is 2. The Bertz CT molecular complexity index is 4070. The number of hydrogen-bond acceptors (Lipinski definition) is 17. The number of unbranched alkanes of at least 4 members (excludes halogenated alkanes) is 1. The number of allylic oxidation sites excluding steroid dienone is 1. The topological polar surface area (TPSA) is 285 Å². The van der Waals surface area contributed by atoms with Gasteiger partial charge in [0, 0.05) is 112 Å². The molecule has 4 aliphatic heterocycles. The minimum atomic E-state index is -4.67. The zero-order chi connectivity index (χ0) is 64.7. The number of benzene rings is 4. The maximum atomic E-state index is 14.2. The Hall–Kier alpha value is -8.99. The number of nitrogens with one attached hydrogen (secondary N) is 4. The summed E-state index contributed by atoms with van der Waals surface area (Å²) in [4.78, 5) is 104. The number of carbonyl (C=O) groups excluding carboxylic acids is 6. The number of ether oxygens (including phenoxy) is 3. The number of pyridine rings is 1. The van der Waals surface area contributed by atoms with E-state index in [1.165, 1.54) is 47.2 Å². The number of anilines is 2. The summed E-state index contributed by atoms with van der Waals surface area (Å²) in [6, 6.07) is 23.8. The van der Waals surface area contributed by atoms with E-state index >= 15 is 0 Å². The van der Waals surface area contributed by atoms with Crippen LogP contribution in [0.1, 0.15) is 114 Å². The zero-order valence-corrected chi connectivity index (χ0v) is 52.7. The highest BCUT2D eigenvalue weighted by Gasteiger charge is 2.45. The number of carbonyl (C=O) groups is 6. The van der Waals surface area contributed by atoms with E-state index in [9.17, 15) is 47.3 Å². The van der Waals surface area contributed by atoms with Crippen molar-refractivity contribution in [3.8, 4) is 23.3 Å². The van der Waals surface area contributed by atoms with Crippen LogP contribution in [-0.4, -0.2) is 158 Å². The molecule has 0 bridgehead atoms. The number of halogens is 1. The number of piperazine rings is 1. The number of nitrogens with zero attached hydrogens (tertiary/aromatic N) is 6. The van der Waals surface area contributed by atoms with Crippen LogP contribution in [0.3, 0.4) is 0 Å². The van der Waals surface area contributed by atoms with Gasteiger partial charge in [0.25, 0.3) is 33.4 Å². The summed E-state index contributed by atoms with van der Waals surface area (Å²) in [6.45, 7) is 10.3. The van der Waals surface area contributed by atoms with Gasteiger partial charge in [-0.2, -0.15) is 0 Å². The van der Waals surface area contributed by atoms with E-state index in [1.54, 1.807) is 41.4 Å². The van der Waals surface area contributed by atoms with E-state index in [1.807, 2.05) is 18.2 Å². The van der Waals surface area contributed by atoms with Gasteiger partial charge in [-0.05, 0) is 128 Å². The van der Waals surface area contributed by atoms with E-state index in [0.717, 1.165) is 60.9 Å². The molecule has 5 aliphatic rings. The summed E-state index contributed by atoms with van der Waals surface area (Å²) in [7, 11) is -4.67. The highest BCUT2D eigenvalue weighted by Crippen LogP contribution is 2.44. The lowest BCUT2D eigenvalue weighted by molar-refractivity contribution is -0.384. The standard InChI is InChI=1S/C67H71ClN10O13S/c1-67(2)24-20-47(54(38-67)44-10-12-48(68)13-11-44)41-74-28-30-75(31-29-74)49-14-16-52(58(36-49)91-50-35-46-21-25-69-62(46)71-40-50)63(81)73-92(87,88)51-15-17-55(57(37-51)78(85)86)70-39-43-22-26-76(27-23-43)60(80)42-90-34-33-89-32-5-3-4-7-45-8-6-9-53-61(45)66(84)77(65(53)83)56-18-19-59(79)72-64(56)82/h6,8-17,21,25,35-37,40,43,56,70H,3,5,18-20,22-24,26-34,38-39,41-42H2,1-2H3,(H,69,71)(H,73,81)(H,72,79,82). The molecule has 1 unspecified atom stereocenters. The van der Waals surface area contributed by atoms with Crippen molar-refractivity contribution < 1.29 is 56.3 Å². The average molecular weight is 1290 g/mol. The maximum Gasteiger partial charge on any atom is 0.293 e. The van der Waals surface area contributed by atoms with Crippen molar-refractivity contribution >= 4 is 90.7 Å². The van der Waals surface area contributed by atoms with Gasteiger partial charge in [0.05, 0.1) is 45.9 Å². The van der Waals surface area contributed by atoms with Gasteiger partial charge in [0.1, 0.15) is 35.5 Å². The number of nitro groups is 1. The van der Waals surface area contributed by atoms with Gasteiger partial charge in [0.2, 0.25) is 17.7 Å². The smallest absolute Gasteiger partial charge is 0.293 e. The molecule has 480 valence electrons. The molecule has 25 heteroatoms. The number of aromatic nitrogens is 2. The highest BCUT2D eigenvalue weighted by molar-refractivity contribution is 7.90. The number of likely N-dealkylation sites (tertiary alicyclic amines) is 1. The normalized spacial score (nSPS) is 17.9. The molecule has 0 saturated carbocycles. The minimum absolute atomic E-state index is 0.0230. The summed E-state index contributed by atoms with van der Waals surface area (Å²) < 4.78 is 47.7. The number of sulfonamides is 1. The van der Waals surface area contributed by atoms with Crippen molar-refractivity contribution in [1.29, 1.82) is 0 Å². The molecule has 2 aromatic heterocycles. The van der Waals surface area contributed by atoms with Crippen molar-refractivity contribution in [2.75, 3.05) is 89.0 Å². The average Bonchev–Trinajstić information content (AvgIpc) is 1.58. The summed E-state index contributed by atoms with van der Waals surface area (Å²) >= 11 is 6.27. The Kier molecular flexibility index (Phi) is 19.8. The van der Waals surface area contributed by atoms with Crippen LogP contribution in [0.2, 0.25) is 5.02 Å². The Morgan fingerprint density at radius 1 is 0.880 bits per heavy atom. The molecule has 6 heterocycles. The van der Waals surface area contributed by atoms with Gasteiger partial charge < -0.3 is 34.3 Å². The van der Waals surface area contributed by atoms with E-state index in [-0.39, 0.29) is 78.0 Å². The Morgan fingerprint density at radius 2 is 1.66 bits per heavy atom. The van der Waals surface area contributed by atoms with Gasteiger partial charge in [0.15, 0.2) is 0 Å². The Labute approximate surface area is 537 Å². The summed E-state index contributed by atoms with van der Waals surface area (Å²) in [5.74, 6) is 2.87. The van der Waals surface area contributed by atoms with Crippen LogP contribution in [0.15, 0.2) is 114 Å². The van der Waals surface area contributed by atoms with Crippen molar-refractivity contribution in [3.63, 3.8) is 0 Å². The number of aromatic amines is 1. The van der Waals surface area contributed by atoms with Crippen LogP contribution in [0.4, 0.5) is 17.1 Å². The first-order chi connectivity index (χ1) is 44.3. The lowest BCUT2D eigenvalue weighted by Crippen LogP contribution is -2.54. The molecular weight excluding hydrogens is 1220 g/mol. The molecule has 0 radical (unpaired) electrons. The highest BCUT2D eigenvalue weighted by atomic mass is 35.5. The first-order valence-electron chi connectivity index (χ1n) is 30.8. The van der Waals surface area contributed by atoms with E-state index in [4.69, 9.17) is 25.8 Å². The molecule has 4 aromatic carbocycles. The second-order valence-electron chi connectivity index (χ2n) is 24.4. The number of H-pyrrole nitrogens is 1. The number of rotatable bonds is 22. The molecular formula is C67H71ClN10O13S. The van der Waals surface area contributed by atoms with Gasteiger partial charge >= 0.3 is 0 Å². The molecule has 3 fully saturated rings. The van der Waals surface area contributed by atoms with Crippen LogP contribution in [0.25, 0.3) is 16.6 Å². The lowest BCUT2D eigenvalue weighted by Gasteiger charge is -2.39. The first kappa shape index (κ1) is 64.5. The summed E-state index contributed by atoms with van der Waals surface area (Å²) in [5, 5.41) is 19.2. The van der Waals surface area contributed by atoms with Crippen LogP contribution in [0, 0.1) is 33.3 Å². The van der Waals surface area contributed by atoms with Gasteiger partial charge in [-0.1, -0.05) is 61.1 Å². The van der Waals surface area contributed by atoms with E-state index < -0.39 is 61.1 Å². The van der Waals surface area contributed by atoms with Crippen LogP contribution in [-0.2, 0) is 33.9 Å². The zero-order valence-electron chi connectivity index (χ0n) is 51.1. The molecule has 6 aromatic rings. The second-order valence-corrected chi connectivity index (χ2v) is 26.5. The number of amides is 6. The SMILES string of the molecule is CC1(C)CCC(CN2CCN(c3ccc(C(=O)NS(=O)(=O)c4ccc(NCC5CCN(C(=O)COCCOCCCC#Cc6cccc7c6C(=O)N(C6CCC(=O)NC6=O)C7=O)CC5)c([N+](=O)[O-])c4)c(Oc4cnc5[nH]ccc5c4)c3)CC2)=C(c2ccc(Cl)cc2)C1. The Morgan fingerprint density at radius 3 is 2.43 bits per heavy atom. The number of hydrogen-bond donors (Lipinski definition) is 4.